The monoisotopic (exact) mass is 238 g/mol. The maximum absolute atomic E-state index is 11.7. The van der Waals surface area contributed by atoms with Crippen molar-refractivity contribution < 1.29 is 14.6 Å². The van der Waals surface area contributed by atoms with Crippen molar-refractivity contribution in [3.8, 4) is 5.75 Å². The summed E-state index contributed by atoms with van der Waals surface area (Å²) in [7, 11) is 1.52. The highest BCUT2D eigenvalue weighted by Crippen LogP contribution is 2.21. The van der Waals surface area contributed by atoms with Crippen LogP contribution in [-0.4, -0.2) is 30.8 Å². The second kappa shape index (κ2) is 6.10. The highest BCUT2D eigenvalue weighted by atomic mass is 16.5. The van der Waals surface area contributed by atoms with Gasteiger partial charge in [0.15, 0.2) is 0 Å². The average molecular weight is 238 g/mol. The lowest BCUT2D eigenvalue weighted by molar-refractivity contribution is 0.0945. The molecule has 5 heteroatoms. The fourth-order valence-electron chi connectivity index (χ4n) is 1.37. The first-order chi connectivity index (χ1) is 8.04. The van der Waals surface area contributed by atoms with Crippen molar-refractivity contribution in [2.75, 3.05) is 19.4 Å². The molecule has 4 N–H and O–H groups in total. The van der Waals surface area contributed by atoms with E-state index in [0.29, 0.717) is 30.0 Å². The van der Waals surface area contributed by atoms with E-state index in [2.05, 4.69) is 5.32 Å². The highest BCUT2D eigenvalue weighted by Gasteiger charge is 2.08. The highest BCUT2D eigenvalue weighted by molar-refractivity contribution is 5.95. The molecule has 0 heterocycles. The molecule has 1 aromatic carbocycles. The van der Waals surface area contributed by atoms with Gasteiger partial charge in [-0.05, 0) is 31.5 Å². The lowest BCUT2D eigenvalue weighted by atomic mass is 10.1. The van der Waals surface area contributed by atoms with E-state index in [1.165, 1.54) is 7.11 Å². The van der Waals surface area contributed by atoms with Crippen molar-refractivity contribution >= 4 is 11.6 Å². The summed E-state index contributed by atoms with van der Waals surface area (Å²) < 4.78 is 5.00. The van der Waals surface area contributed by atoms with Crippen LogP contribution >= 0.6 is 0 Å². The van der Waals surface area contributed by atoms with Crippen LogP contribution in [0.2, 0.25) is 0 Å². The fraction of sp³-hybridized carbons (Fsp3) is 0.417. The van der Waals surface area contributed by atoms with E-state index in [1.54, 1.807) is 25.1 Å². The number of carbonyl (C=O) groups excluding carboxylic acids is 1. The Bertz CT molecular complexity index is 391. The second-order valence-electron chi connectivity index (χ2n) is 3.85. The topological polar surface area (TPSA) is 84.6 Å². The molecule has 0 saturated heterocycles. The summed E-state index contributed by atoms with van der Waals surface area (Å²) in [4.78, 5) is 11.7. The minimum absolute atomic E-state index is 0.208. The number of hydrogen-bond donors (Lipinski definition) is 3. The normalized spacial score (nSPS) is 11.9. The number of hydrogen-bond acceptors (Lipinski definition) is 4. The van der Waals surface area contributed by atoms with Gasteiger partial charge in [0.2, 0.25) is 0 Å². The molecule has 0 aliphatic rings. The van der Waals surface area contributed by atoms with Crippen molar-refractivity contribution in [3.05, 3.63) is 23.8 Å². The van der Waals surface area contributed by atoms with Gasteiger partial charge in [-0.3, -0.25) is 4.79 Å². The molecular weight excluding hydrogens is 220 g/mol. The SMILES string of the molecule is COc1ccc(C(=O)NCCC(C)O)cc1N. The Morgan fingerprint density at radius 2 is 2.29 bits per heavy atom. The molecule has 5 nitrogen and oxygen atoms in total. The largest absolute Gasteiger partial charge is 0.495 e. The Morgan fingerprint density at radius 3 is 2.82 bits per heavy atom. The minimum atomic E-state index is -0.420. The Kier molecular flexibility index (Phi) is 4.78. The molecule has 17 heavy (non-hydrogen) atoms. The van der Waals surface area contributed by atoms with Gasteiger partial charge in [0.05, 0.1) is 18.9 Å². The van der Waals surface area contributed by atoms with Crippen LogP contribution in [0, 0.1) is 0 Å². The number of anilines is 1. The third-order valence-corrected chi connectivity index (χ3v) is 2.34. The number of carbonyl (C=O) groups is 1. The van der Waals surface area contributed by atoms with Crippen LogP contribution in [0.1, 0.15) is 23.7 Å². The molecule has 1 rings (SSSR count). The number of rotatable bonds is 5. The first kappa shape index (κ1) is 13.3. The minimum Gasteiger partial charge on any atom is -0.495 e. The number of amides is 1. The maximum atomic E-state index is 11.7. The number of nitrogen functional groups attached to an aromatic ring is 1. The maximum Gasteiger partial charge on any atom is 0.251 e. The van der Waals surface area contributed by atoms with Crippen molar-refractivity contribution in [3.63, 3.8) is 0 Å². The zero-order valence-corrected chi connectivity index (χ0v) is 10.1. The molecule has 1 atom stereocenters. The number of ether oxygens (including phenoxy) is 1. The first-order valence-electron chi connectivity index (χ1n) is 5.44. The van der Waals surface area contributed by atoms with E-state index in [9.17, 15) is 4.79 Å². The van der Waals surface area contributed by atoms with Crippen LogP contribution in [-0.2, 0) is 0 Å². The number of nitrogens with two attached hydrogens (primary N) is 1. The van der Waals surface area contributed by atoms with Gasteiger partial charge in [-0.25, -0.2) is 0 Å². The van der Waals surface area contributed by atoms with Crippen LogP contribution in [0.4, 0.5) is 5.69 Å². The molecule has 0 aliphatic heterocycles. The second-order valence-corrected chi connectivity index (χ2v) is 3.85. The number of aliphatic hydroxyl groups is 1. The number of aliphatic hydroxyl groups excluding tert-OH is 1. The summed E-state index contributed by atoms with van der Waals surface area (Å²) in [6.45, 7) is 2.11. The van der Waals surface area contributed by atoms with Crippen LogP contribution in [0.5, 0.6) is 5.75 Å². The van der Waals surface area contributed by atoms with E-state index in [-0.39, 0.29) is 5.91 Å². The molecule has 1 amide bonds. The van der Waals surface area contributed by atoms with E-state index < -0.39 is 6.10 Å². The van der Waals surface area contributed by atoms with Gasteiger partial charge < -0.3 is 20.9 Å². The Labute approximate surface area is 101 Å². The lowest BCUT2D eigenvalue weighted by Crippen LogP contribution is -2.26. The van der Waals surface area contributed by atoms with Crippen molar-refractivity contribution in [2.45, 2.75) is 19.4 Å². The molecular formula is C12H18N2O3. The molecule has 0 bridgehead atoms. The summed E-state index contributed by atoms with van der Waals surface area (Å²) in [5.74, 6) is 0.338. The van der Waals surface area contributed by atoms with Crippen molar-refractivity contribution in [1.29, 1.82) is 0 Å². The Balaban J connectivity index is 2.60. The zero-order valence-electron chi connectivity index (χ0n) is 10.1. The van der Waals surface area contributed by atoms with Crippen LogP contribution in [0.25, 0.3) is 0 Å². The van der Waals surface area contributed by atoms with E-state index in [4.69, 9.17) is 15.6 Å². The molecule has 0 saturated carbocycles. The molecule has 1 aromatic rings. The van der Waals surface area contributed by atoms with Gasteiger partial charge in [0.25, 0.3) is 5.91 Å². The molecule has 0 radical (unpaired) electrons. The molecule has 1 unspecified atom stereocenters. The molecule has 0 aromatic heterocycles. The van der Waals surface area contributed by atoms with Crippen molar-refractivity contribution in [1.82, 2.24) is 5.32 Å². The van der Waals surface area contributed by atoms with E-state index >= 15 is 0 Å². The number of methoxy groups -OCH3 is 1. The standard InChI is InChI=1S/C12H18N2O3/c1-8(15)5-6-14-12(16)9-3-4-11(17-2)10(13)7-9/h3-4,7-8,15H,5-6,13H2,1-2H3,(H,14,16). The van der Waals surface area contributed by atoms with E-state index in [1.807, 2.05) is 0 Å². The predicted octanol–water partition coefficient (Wildman–Crippen LogP) is 0.778. The third-order valence-electron chi connectivity index (χ3n) is 2.34. The Hall–Kier alpha value is -1.75. The zero-order chi connectivity index (χ0) is 12.8. The quantitative estimate of drug-likeness (QED) is 0.662. The van der Waals surface area contributed by atoms with Gasteiger partial charge in [0, 0.05) is 12.1 Å². The van der Waals surface area contributed by atoms with Gasteiger partial charge >= 0.3 is 0 Å². The summed E-state index contributed by atoms with van der Waals surface area (Å²) in [5.41, 5.74) is 6.61. The third kappa shape index (κ3) is 3.96. The summed E-state index contributed by atoms with van der Waals surface area (Å²) >= 11 is 0. The molecule has 0 fully saturated rings. The van der Waals surface area contributed by atoms with Gasteiger partial charge in [0.1, 0.15) is 5.75 Å². The fourth-order valence-corrected chi connectivity index (χ4v) is 1.37. The molecule has 0 spiro atoms. The number of benzene rings is 1. The Morgan fingerprint density at radius 1 is 1.59 bits per heavy atom. The summed E-state index contributed by atoms with van der Waals surface area (Å²) in [6, 6.07) is 4.86. The van der Waals surface area contributed by atoms with Gasteiger partial charge in [-0.2, -0.15) is 0 Å². The number of nitrogens with one attached hydrogen (secondary N) is 1. The average Bonchev–Trinajstić information content (AvgIpc) is 2.28. The summed E-state index contributed by atoms with van der Waals surface area (Å²) in [6.07, 6.45) is 0.105. The van der Waals surface area contributed by atoms with Crippen LogP contribution < -0.4 is 15.8 Å². The lowest BCUT2D eigenvalue weighted by Gasteiger charge is -2.09. The van der Waals surface area contributed by atoms with Gasteiger partial charge in [-0.1, -0.05) is 0 Å². The van der Waals surface area contributed by atoms with Crippen molar-refractivity contribution in [2.24, 2.45) is 0 Å². The van der Waals surface area contributed by atoms with Gasteiger partial charge in [-0.15, -0.1) is 0 Å². The first-order valence-corrected chi connectivity index (χ1v) is 5.44. The summed E-state index contributed by atoms with van der Waals surface area (Å²) in [5, 5.41) is 11.8. The van der Waals surface area contributed by atoms with Crippen LogP contribution in [0.3, 0.4) is 0 Å². The van der Waals surface area contributed by atoms with E-state index in [0.717, 1.165) is 0 Å². The smallest absolute Gasteiger partial charge is 0.251 e. The molecule has 94 valence electrons. The predicted molar refractivity (Wildman–Crippen MR) is 66.0 cm³/mol. The van der Waals surface area contributed by atoms with Crippen LogP contribution in [0.15, 0.2) is 18.2 Å². The molecule has 0 aliphatic carbocycles.